The van der Waals surface area contributed by atoms with E-state index in [0.717, 1.165) is 16.6 Å². The molecule has 4 heterocycles. The molecule has 0 atom stereocenters. The number of hydrogen-bond donors (Lipinski definition) is 0. The maximum Gasteiger partial charge on any atom is 0.271 e. The molecule has 0 spiro atoms. The van der Waals surface area contributed by atoms with Crippen molar-refractivity contribution in [2.45, 2.75) is 0 Å². The van der Waals surface area contributed by atoms with Gasteiger partial charge in [-0.05, 0) is 42.5 Å². The summed E-state index contributed by atoms with van der Waals surface area (Å²) in [5.41, 5.74) is 2.52. The van der Waals surface area contributed by atoms with Gasteiger partial charge in [0.05, 0.1) is 23.0 Å². The molecule has 178 valence electrons. The Morgan fingerprint density at radius 2 is 1.61 bits per heavy atom. The standard InChI is InChI=1S/C28H23N5O3/c34-27-13-12-26(30-33(27)20-7-2-1-3-8-20)31-14-16-32(17-15-31)28(35)22-19-24(25-11-6-18-36-25)29-23-10-5-4-9-21(22)23/h1-13,18-19H,14-17H2. The molecule has 3 aromatic heterocycles. The third-order valence-corrected chi connectivity index (χ3v) is 6.40. The maximum atomic E-state index is 13.7. The third-order valence-electron chi connectivity index (χ3n) is 6.40. The number of amides is 1. The number of fused-ring (bicyclic) bond motifs is 1. The summed E-state index contributed by atoms with van der Waals surface area (Å²) in [5, 5.41) is 5.40. The van der Waals surface area contributed by atoms with Crippen LogP contribution in [0, 0.1) is 0 Å². The summed E-state index contributed by atoms with van der Waals surface area (Å²) < 4.78 is 6.95. The number of furan rings is 1. The molecular weight excluding hydrogens is 454 g/mol. The maximum absolute atomic E-state index is 13.7. The number of piperazine rings is 1. The van der Waals surface area contributed by atoms with Crippen molar-refractivity contribution in [3.05, 3.63) is 107 Å². The fourth-order valence-corrected chi connectivity index (χ4v) is 4.54. The van der Waals surface area contributed by atoms with Crippen molar-refractivity contribution < 1.29 is 9.21 Å². The minimum Gasteiger partial charge on any atom is -0.463 e. The molecule has 5 aromatic rings. The molecular formula is C28H23N5O3. The van der Waals surface area contributed by atoms with Gasteiger partial charge in [-0.15, -0.1) is 5.10 Å². The Morgan fingerprint density at radius 3 is 2.39 bits per heavy atom. The highest BCUT2D eigenvalue weighted by molar-refractivity contribution is 6.07. The Balaban J connectivity index is 1.25. The fraction of sp³-hybridized carbons (Fsp3) is 0.143. The molecule has 0 saturated carbocycles. The largest absolute Gasteiger partial charge is 0.463 e. The molecule has 2 aromatic carbocycles. The molecule has 1 aliphatic rings. The van der Waals surface area contributed by atoms with Crippen molar-refractivity contribution in [2.24, 2.45) is 0 Å². The lowest BCUT2D eigenvalue weighted by Gasteiger charge is -2.35. The van der Waals surface area contributed by atoms with Crippen LogP contribution in [0.15, 0.2) is 100 Å². The van der Waals surface area contributed by atoms with Crippen LogP contribution in [0.1, 0.15) is 10.4 Å². The molecule has 1 saturated heterocycles. The number of aromatic nitrogens is 3. The molecule has 6 rings (SSSR count). The number of benzene rings is 2. The molecule has 1 aliphatic heterocycles. The van der Waals surface area contributed by atoms with Gasteiger partial charge >= 0.3 is 0 Å². The number of para-hydroxylation sites is 2. The van der Waals surface area contributed by atoms with E-state index in [4.69, 9.17) is 4.42 Å². The second-order valence-corrected chi connectivity index (χ2v) is 8.61. The minimum absolute atomic E-state index is 0.0386. The van der Waals surface area contributed by atoms with Crippen LogP contribution in [0.5, 0.6) is 0 Å². The molecule has 0 radical (unpaired) electrons. The van der Waals surface area contributed by atoms with E-state index in [1.165, 1.54) is 10.7 Å². The predicted octanol–water partition coefficient (Wildman–Crippen LogP) is 4.00. The van der Waals surface area contributed by atoms with Crippen molar-refractivity contribution in [2.75, 3.05) is 31.1 Å². The molecule has 1 fully saturated rings. The average molecular weight is 478 g/mol. The smallest absolute Gasteiger partial charge is 0.271 e. The van der Waals surface area contributed by atoms with Crippen molar-refractivity contribution in [3.8, 4) is 17.1 Å². The van der Waals surface area contributed by atoms with E-state index in [2.05, 4.69) is 15.0 Å². The summed E-state index contributed by atoms with van der Waals surface area (Å²) in [7, 11) is 0. The summed E-state index contributed by atoms with van der Waals surface area (Å²) in [5.74, 6) is 1.29. The van der Waals surface area contributed by atoms with Gasteiger partial charge in [0.15, 0.2) is 5.76 Å². The van der Waals surface area contributed by atoms with Crippen molar-refractivity contribution in [3.63, 3.8) is 0 Å². The number of nitrogens with zero attached hydrogens (tertiary/aromatic N) is 5. The fourth-order valence-electron chi connectivity index (χ4n) is 4.54. The average Bonchev–Trinajstić information content (AvgIpc) is 3.48. The zero-order chi connectivity index (χ0) is 24.5. The highest BCUT2D eigenvalue weighted by Gasteiger charge is 2.25. The zero-order valence-electron chi connectivity index (χ0n) is 19.4. The first kappa shape index (κ1) is 21.8. The molecule has 0 N–H and O–H groups in total. The Labute approximate surface area is 207 Å². The Bertz CT molecular complexity index is 1590. The first-order chi connectivity index (χ1) is 17.7. The number of rotatable bonds is 4. The number of anilines is 1. The lowest BCUT2D eigenvalue weighted by atomic mass is 10.0. The number of hydrogen-bond acceptors (Lipinski definition) is 6. The Hall–Kier alpha value is -4.72. The molecule has 0 bridgehead atoms. The monoisotopic (exact) mass is 477 g/mol. The zero-order valence-corrected chi connectivity index (χ0v) is 19.4. The van der Waals surface area contributed by atoms with E-state index in [1.807, 2.05) is 77.7 Å². The predicted molar refractivity (Wildman–Crippen MR) is 137 cm³/mol. The number of carbonyl (C=O) groups excluding carboxylic acids is 1. The van der Waals surface area contributed by atoms with Gasteiger partial charge in [-0.25, -0.2) is 4.98 Å². The molecule has 0 unspecified atom stereocenters. The SMILES string of the molecule is O=C(c1cc(-c2ccco2)nc2ccccc12)N1CCN(c2ccc(=O)n(-c3ccccc3)n2)CC1. The van der Waals surface area contributed by atoms with E-state index in [9.17, 15) is 9.59 Å². The summed E-state index contributed by atoms with van der Waals surface area (Å²) in [6.07, 6.45) is 1.60. The van der Waals surface area contributed by atoms with Crippen LogP contribution < -0.4 is 10.5 Å². The van der Waals surface area contributed by atoms with E-state index in [1.54, 1.807) is 12.3 Å². The van der Waals surface area contributed by atoms with Gasteiger partial charge in [0.25, 0.3) is 11.5 Å². The lowest BCUT2D eigenvalue weighted by Crippen LogP contribution is -2.49. The molecule has 8 nitrogen and oxygen atoms in total. The van der Waals surface area contributed by atoms with Gasteiger partial charge in [0.2, 0.25) is 0 Å². The van der Waals surface area contributed by atoms with E-state index in [-0.39, 0.29) is 11.5 Å². The quantitative estimate of drug-likeness (QED) is 0.389. The van der Waals surface area contributed by atoms with Gasteiger partial charge in [-0.3, -0.25) is 9.59 Å². The number of pyridine rings is 1. The van der Waals surface area contributed by atoms with Crippen LogP contribution in [0.2, 0.25) is 0 Å². The summed E-state index contributed by atoms with van der Waals surface area (Å²) >= 11 is 0. The van der Waals surface area contributed by atoms with E-state index in [0.29, 0.717) is 49.0 Å². The van der Waals surface area contributed by atoms with Gasteiger partial charge in [0.1, 0.15) is 11.5 Å². The highest BCUT2D eigenvalue weighted by atomic mass is 16.3. The normalized spacial score (nSPS) is 13.8. The second kappa shape index (κ2) is 9.14. The second-order valence-electron chi connectivity index (χ2n) is 8.61. The van der Waals surface area contributed by atoms with Crippen LogP contribution in [0.4, 0.5) is 5.82 Å². The highest BCUT2D eigenvalue weighted by Crippen LogP contribution is 2.26. The van der Waals surface area contributed by atoms with Gasteiger partial charge in [0, 0.05) is 37.6 Å². The molecule has 1 amide bonds. The minimum atomic E-state index is -0.185. The van der Waals surface area contributed by atoms with Crippen LogP contribution >= 0.6 is 0 Å². The van der Waals surface area contributed by atoms with Crippen LogP contribution in [-0.2, 0) is 0 Å². The number of carbonyl (C=O) groups is 1. The summed E-state index contributed by atoms with van der Waals surface area (Å²) in [4.78, 5) is 34.7. The first-order valence-corrected chi connectivity index (χ1v) is 11.8. The molecule has 36 heavy (non-hydrogen) atoms. The first-order valence-electron chi connectivity index (χ1n) is 11.8. The Kier molecular flexibility index (Phi) is 5.53. The third kappa shape index (κ3) is 4.02. The van der Waals surface area contributed by atoms with Crippen molar-refractivity contribution in [1.29, 1.82) is 0 Å². The van der Waals surface area contributed by atoms with Crippen molar-refractivity contribution >= 4 is 22.6 Å². The summed E-state index contributed by atoms with van der Waals surface area (Å²) in [6, 6.07) is 25.8. The van der Waals surface area contributed by atoms with Crippen LogP contribution in [0.25, 0.3) is 28.0 Å². The summed E-state index contributed by atoms with van der Waals surface area (Å²) in [6.45, 7) is 2.30. The molecule has 0 aliphatic carbocycles. The van der Waals surface area contributed by atoms with Crippen LogP contribution in [-0.4, -0.2) is 51.8 Å². The topological polar surface area (TPSA) is 84.5 Å². The van der Waals surface area contributed by atoms with Crippen LogP contribution in [0.3, 0.4) is 0 Å². The van der Waals surface area contributed by atoms with Gasteiger partial charge in [-0.1, -0.05) is 36.4 Å². The van der Waals surface area contributed by atoms with E-state index >= 15 is 0 Å². The Morgan fingerprint density at radius 1 is 0.833 bits per heavy atom. The van der Waals surface area contributed by atoms with E-state index < -0.39 is 0 Å². The van der Waals surface area contributed by atoms with Crippen molar-refractivity contribution in [1.82, 2.24) is 19.7 Å². The lowest BCUT2D eigenvalue weighted by molar-refractivity contribution is 0.0748. The molecule has 8 heteroatoms. The van der Waals surface area contributed by atoms with Gasteiger partial charge in [-0.2, -0.15) is 4.68 Å². The van der Waals surface area contributed by atoms with Gasteiger partial charge < -0.3 is 14.2 Å².